The monoisotopic (exact) mass is 195 g/mol. The van der Waals surface area contributed by atoms with E-state index in [4.69, 9.17) is 0 Å². The summed E-state index contributed by atoms with van der Waals surface area (Å²) in [7, 11) is 1.97. The number of rotatable bonds is 2. The molecule has 1 heteroatoms. The van der Waals surface area contributed by atoms with Crippen molar-refractivity contribution in [2.45, 2.75) is 59.3 Å². The Kier molecular flexibility index (Phi) is 4.15. The molecule has 1 fully saturated rings. The average molecular weight is 195 g/mol. The summed E-state index contributed by atoms with van der Waals surface area (Å²) in [4.78, 5) is 4.51. The van der Waals surface area contributed by atoms with Crippen molar-refractivity contribution in [3.8, 4) is 0 Å². The maximum absolute atomic E-state index is 4.51. The van der Waals surface area contributed by atoms with Gasteiger partial charge in [-0.15, -0.1) is 0 Å². The van der Waals surface area contributed by atoms with Crippen molar-refractivity contribution in [2.75, 3.05) is 7.05 Å². The van der Waals surface area contributed by atoms with Gasteiger partial charge in [-0.3, -0.25) is 4.99 Å². The van der Waals surface area contributed by atoms with Crippen molar-refractivity contribution in [2.24, 2.45) is 16.3 Å². The molecule has 1 rings (SSSR count). The SMILES string of the molecule is CN=C(CC(C)(C)C)C1CCCCC1. The first-order valence-electron chi connectivity index (χ1n) is 5.98. The molecule has 0 bridgehead atoms. The van der Waals surface area contributed by atoms with Gasteiger partial charge in [0, 0.05) is 12.8 Å². The maximum Gasteiger partial charge on any atom is 0.0276 e. The molecule has 0 atom stereocenters. The minimum atomic E-state index is 0.395. The van der Waals surface area contributed by atoms with Gasteiger partial charge in [-0.2, -0.15) is 0 Å². The third-order valence-corrected chi connectivity index (χ3v) is 3.08. The molecule has 0 aromatic heterocycles. The third kappa shape index (κ3) is 3.81. The predicted molar refractivity (Wildman–Crippen MR) is 64.0 cm³/mol. The Balaban J connectivity index is 2.53. The van der Waals surface area contributed by atoms with Crippen LogP contribution in [0, 0.1) is 11.3 Å². The molecular formula is C13H25N. The molecule has 0 spiro atoms. The maximum atomic E-state index is 4.51. The van der Waals surface area contributed by atoms with E-state index in [1.165, 1.54) is 44.2 Å². The third-order valence-electron chi connectivity index (χ3n) is 3.08. The molecular weight excluding hydrogens is 170 g/mol. The second-order valence-electron chi connectivity index (χ2n) is 5.79. The van der Waals surface area contributed by atoms with Gasteiger partial charge < -0.3 is 0 Å². The van der Waals surface area contributed by atoms with Crippen LogP contribution in [0.15, 0.2) is 4.99 Å². The zero-order chi connectivity index (χ0) is 10.6. The molecule has 0 N–H and O–H groups in total. The lowest BCUT2D eigenvalue weighted by Gasteiger charge is -2.27. The van der Waals surface area contributed by atoms with Crippen LogP contribution in [-0.4, -0.2) is 12.8 Å². The topological polar surface area (TPSA) is 12.4 Å². The summed E-state index contributed by atoms with van der Waals surface area (Å²) in [6.07, 6.45) is 8.18. The molecule has 1 saturated carbocycles. The highest BCUT2D eigenvalue weighted by Crippen LogP contribution is 2.30. The summed E-state index contributed by atoms with van der Waals surface area (Å²) in [6.45, 7) is 6.92. The first kappa shape index (κ1) is 11.7. The van der Waals surface area contributed by atoms with Crippen LogP contribution in [0.5, 0.6) is 0 Å². The van der Waals surface area contributed by atoms with Gasteiger partial charge in [-0.1, -0.05) is 40.0 Å². The smallest absolute Gasteiger partial charge is 0.0276 e. The van der Waals surface area contributed by atoms with Crippen LogP contribution in [0.3, 0.4) is 0 Å². The van der Waals surface area contributed by atoms with Gasteiger partial charge in [0.15, 0.2) is 0 Å². The molecule has 14 heavy (non-hydrogen) atoms. The molecule has 1 nitrogen and oxygen atoms in total. The van der Waals surface area contributed by atoms with Crippen LogP contribution in [0.4, 0.5) is 0 Å². The van der Waals surface area contributed by atoms with E-state index in [-0.39, 0.29) is 0 Å². The van der Waals surface area contributed by atoms with Gasteiger partial charge in [-0.05, 0) is 30.6 Å². The Labute approximate surface area is 89.0 Å². The van der Waals surface area contributed by atoms with Gasteiger partial charge in [0.25, 0.3) is 0 Å². The summed E-state index contributed by atoms with van der Waals surface area (Å²) >= 11 is 0. The largest absolute Gasteiger partial charge is 0.297 e. The molecule has 0 radical (unpaired) electrons. The fraction of sp³-hybridized carbons (Fsp3) is 0.923. The number of hydrogen-bond donors (Lipinski definition) is 0. The lowest BCUT2D eigenvalue weighted by atomic mass is 9.79. The minimum Gasteiger partial charge on any atom is -0.297 e. The number of aliphatic imine (C=N–C) groups is 1. The van der Waals surface area contributed by atoms with Crippen molar-refractivity contribution in [1.82, 2.24) is 0 Å². The van der Waals surface area contributed by atoms with E-state index in [2.05, 4.69) is 25.8 Å². The van der Waals surface area contributed by atoms with Gasteiger partial charge in [0.2, 0.25) is 0 Å². The van der Waals surface area contributed by atoms with E-state index in [1.54, 1.807) is 0 Å². The van der Waals surface area contributed by atoms with Crippen LogP contribution >= 0.6 is 0 Å². The van der Waals surface area contributed by atoms with E-state index in [0.717, 1.165) is 5.92 Å². The zero-order valence-electron chi connectivity index (χ0n) is 10.3. The molecule has 0 aromatic carbocycles. The molecule has 0 unspecified atom stereocenters. The Morgan fingerprint density at radius 1 is 1.14 bits per heavy atom. The summed E-state index contributed by atoms with van der Waals surface area (Å²) in [6, 6.07) is 0. The van der Waals surface area contributed by atoms with Crippen LogP contribution < -0.4 is 0 Å². The summed E-state index contributed by atoms with van der Waals surface area (Å²) < 4.78 is 0. The first-order chi connectivity index (χ1) is 6.53. The van der Waals surface area contributed by atoms with Gasteiger partial charge in [-0.25, -0.2) is 0 Å². The van der Waals surface area contributed by atoms with Crippen LogP contribution in [-0.2, 0) is 0 Å². The fourth-order valence-corrected chi connectivity index (χ4v) is 2.39. The molecule has 0 saturated heterocycles. The van der Waals surface area contributed by atoms with Crippen molar-refractivity contribution < 1.29 is 0 Å². The lowest BCUT2D eigenvalue weighted by molar-refractivity contribution is 0.394. The highest BCUT2D eigenvalue weighted by molar-refractivity contribution is 5.87. The molecule has 1 aliphatic carbocycles. The second-order valence-corrected chi connectivity index (χ2v) is 5.79. The molecule has 82 valence electrons. The molecule has 0 aliphatic heterocycles. The Hall–Kier alpha value is -0.330. The standard InChI is InChI=1S/C13H25N/c1-13(2,3)10-12(14-4)11-8-6-5-7-9-11/h11H,5-10H2,1-4H3. The van der Waals surface area contributed by atoms with Crippen molar-refractivity contribution in [1.29, 1.82) is 0 Å². The Morgan fingerprint density at radius 3 is 2.14 bits per heavy atom. The van der Waals surface area contributed by atoms with E-state index in [9.17, 15) is 0 Å². The lowest BCUT2D eigenvalue weighted by Crippen LogP contribution is -2.23. The number of hydrogen-bond acceptors (Lipinski definition) is 1. The zero-order valence-corrected chi connectivity index (χ0v) is 10.3. The Morgan fingerprint density at radius 2 is 1.71 bits per heavy atom. The van der Waals surface area contributed by atoms with Gasteiger partial charge >= 0.3 is 0 Å². The van der Waals surface area contributed by atoms with Crippen LogP contribution in [0.1, 0.15) is 59.3 Å². The van der Waals surface area contributed by atoms with Crippen LogP contribution in [0.2, 0.25) is 0 Å². The summed E-state index contributed by atoms with van der Waals surface area (Å²) in [5.74, 6) is 0.799. The van der Waals surface area contributed by atoms with Gasteiger partial charge in [0.05, 0.1) is 0 Å². The summed E-state index contributed by atoms with van der Waals surface area (Å²) in [5.41, 5.74) is 1.86. The quantitative estimate of drug-likeness (QED) is 0.589. The Bertz CT molecular complexity index is 192. The summed E-state index contributed by atoms with van der Waals surface area (Å²) in [5, 5.41) is 0. The van der Waals surface area contributed by atoms with E-state index < -0.39 is 0 Å². The second kappa shape index (κ2) is 4.95. The van der Waals surface area contributed by atoms with Crippen LogP contribution in [0.25, 0.3) is 0 Å². The fourth-order valence-electron chi connectivity index (χ4n) is 2.39. The normalized spacial score (nSPS) is 21.3. The molecule has 1 aliphatic rings. The number of nitrogens with zero attached hydrogens (tertiary/aromatic N) is 1. The average Bonchev–Trinajstić information content (AvgIpc) is 2.14. The van der Waals surface area contributed by atoms with Gasteiger partial charge in [0.1, 0.15) is 0 Å². The highest BCUT2D eigenvalue weighted by atomic mass is 14.7. The van der Waals surface area contributed by atoms with Crippen molar-refractivity contribution >= 4 is 5.71 Å². The molecule has 0 aromatic rings. The van der Waals surface area contributed by atoms with Crippen molar-refractivity contribution in [3.05, 3.63) is 0 Å². The predicted octanol–water partition coefficient (Wildman–Crippen LogP) is 4.07. The minimum absolute atomic E-state index is 0.395. The first-order valence-corrected chi connectivity index (χ1v) is 5.98. The molecule has 0 amide bonds. The van der Waals surface area contributed by atoms with Crippen molar-refractivity contribution in [3.63, 3.8) is 0 Å². The highest BCUT2D eigenvalue weighted by Gasteiger charge is 2.22. The van der Waals surface area contributed by atoms with E-state index in [0.29, 0.717) is 5.41 Å². The molecule has 0 heterocycles. The van der Waals surface area contributed by atoms with E-state index in [1.807, 2.05) is 7.05 Å². The van der Waals surface area contributed by atoms with E-state index >= 15 is 0 Å².